The average molecular weight is 589 g/mol. The molecule has 1 aliphatic carbocycles. The number of esters is 2. The highest BCUT2D eigenvalue weighted by atomic mass is 16.5. The largest absolute Gasteiger partial charge is 0.465 e. The fourth-order valence-corrected chi connectivity index (χ4v) is 5.24. The van der Waals surface area contributed by atoms with Crippen molar-refractivity contribution in [3.8, 4) is 0 Å². The van der Waals surface area contributed by atoms with E-state index < -0.39 is 17.9 Å². The number of hydrogen-bond donors (Lipinski definition) is 0. The Morgan fingerprint density at radius 2 is 1.36 bits per heavy atom. The van der Waals surface area contributed by atoms with Gasteiger partial charge in [0.05, 0.1) is 13.2 Å². The Morgan fingerprint density at radius 3 is 2.00 bits per heavy atom. The van der Waals surface area contributed by atoms with Gasteiger partial charge in [0.25, 0.3) is 0 Å². The Bertz CT molecular complexity index is 1670. The van der Waals surface area contributed by atoms with Crippen LogP contribution in [0.15, 0.2) is 109 Å². The molecule has 1 aliphatic rings. The molecule has 6 nitrogen and oxygen atoms in total. The van der Waals surface area contributed by atoms with E-state index in [4.69, 9.17) is 9.47 Å². The van der Waals surface area contributed by atoms with Gasteiger partial charge in [-0.3, -0.25) is 14.4 Å². The molecule has 2 atom stereocenters. The maximum absolute atomic E-state index is 12.7. The first-order valence-electron chi connectivity index (χ1n) is 14.7. The highest BCUT2D eigenvalue weighted by Gasteiger charge is 2.45. The zero-order valence-corrected chi connectivity index (χ0v) is 25.4. The number of carbonyl (C=O) groups is 4. The van der Waals surface area contributed by atoms with E-state index in [1.165, 1.54) is 0 Å². The van der Waals surface area contributed by atoms with E-state index in [1.807, 2.05) is 98.8 Å². The number of benzene rings is 4. The first kappa shape index (κ1) is 31.8. The van der Waals surface area contributed by atoms with Gasteiger partial charge < -0.3 is 9.47 Å². The molecule has 0 saturated heterocycles. The van der Waals surface area contributed by atoms with Gasteiger partial charge in [0, 0.05) is 17.0 Å². The molecule has 44 heavy (non-hydrogen) atoms. The molecule has 0 aliphatic heterocycles. The second kappa shape index (κ2) is 14.9. The summed E-state index contributed by atoms with van der Waals surface area (Å²) in [6.45, 7) is 7.83. The Kier molecular flexibility index (Phi) is 10.8. The van der Waals surface area contributed by atoms with Crippen LogP contribution >= 0.6 is 0 Å². The summed E-state index contributed by atoms with van der Waals surface area (Å²) in [7, 11) is 0. The van der Waals surface area contributed by atoms with E-state index >= 15 is 0 Å². The third kappa shape index (κ3) is 7.45. The molecule has 0 aromatic heterocycles. The van der Waals surface area contributed by atoms with Crippen LogP contribution in [-0.2, 0) is 19.1 Å². The van der Waals surface area contributed by atoms with Gasteiger partial charge in [0.2, 0.25) is 0 Å². The van der Waals surface area contributed by atoms with Crippen molar-refractivity contribution in [3.05, 3.63) is 148 Å². The van der Waals surface area contributed by atoms with Crippen molar-refractivity contribution in [3.63, 3.8) is 0 Å². The summed E-state index contributed by atoms with van der Waals surface area (Å²) in [6.07, 6.45) is 1.57. The zero-order valence-electron chi connectivity index (χ0n) is 25.4. The maximum Gasteiger partial charge on any atom is 0.342 e. The Balaban J connectivity index is 0.000000201. The minimum Gasteiger partial charge on any atom is -0.465 e. The lowest BCUT2D eigenvalue weighted by molar-refractivity contribution is -0.146. The van der Waals surface area contributed by atoms with Crippen molar-refractivity contribution < 1.29 is 28.7 Å². The third-order valence-corrected chi connectivity index (χ3v) is 7.26. The van der Waals surface area contributed by atoms with Gasteiger partial charge in [-0.05, 0) is 62.6 Å². The summed E-state index contributed by atoms with van der Waals surface area (Å²) < 4.78 is 10.2. The van der Waals surface area contributed by atoms with Crippen molar-refractivity contribution in [1.29, 1.82) is 0 Å². The third-order valence-electron chi connectivity index (χ3n) is 7.26. The predicted molar refractivity (Wildman–Crippen MR) is 170 cm³/mol. The van der Waals surface area contributed by atoms with E-state index in [9.17, 15) is 19.2 Å². The highest BCUT2D eigenvalue weighted by Crippen LogP contribution is 2.43. The lowest BCUT2D eigenvalue weighted by atomic mass is 9.85. The van der Waals surface area contributed by atoms with Crippen LogP contribution in [0.3, 0.4) is 0 Å². The Labute approximate surface area is 258 Å². The molecule has 4 aromatic carbocycles. The highest BCUT2D eigenvalue weighted by molar-refractivity contribution is 6.27. The molecule has 0 radical (unpaired) electrons. The topological polar surface area (TPSA) is 86.7 Å². The molecular formula is C38H36O6. The first-order chi connectivity index (χ1) is 21.2. The molecule has 0 fully saturated rings. The number of hydrogen-bond acceptors (Lipinski definition) is 6. The number of rotatable bonds is 8. The quantitative estimate of drug-likeness (QED) is 0.0705. The fourth-order valence-electron chi connectivity index (χ4n) is 5.24. The molecule has 2 unspecified atom stereocenters. The van der Waals surface area contributed by atoms with Gasteiger partial charge in [-0.15, -0.1) is 0 Å². The molecule has 0 heterocycles. The van der Waals surface area contributed by atoms with Crippen LogP contribution in [0.1, 0.15) is 68.3 Å². The van der Waals surface area contributed by atoms with Gasteiger partial charge in [0.15, 0.2) is 11.6 Å². The van der Waals surface area contributed by atoms with E-state index in [-0.39, 0.29) is 36.3 Å². The van der Waals surface area contributed by atoms with Crippen LogP contribution in [-0.4, -0.2) is 36.7 Å². The van der Waals surface area contributed by atoms with Gasteiger partial charge in [-0.1, -0.05) is 102 Å². The Morgan fingerprint density at radius 1 is 0.727 bits per heavy atom. The molecule has 224 valence electrons. The Hall–Kier alpha value is -5.10. The van der Waals surface area contributed by atoms with E-state index in [0.29, 0.717) is 11.1 Å². The fraction of sp³-hybridized carbons (Fsp3) is 0.211. The molecule has 6 heteroatoms. The van der Waals surface area contributed by atoms with Crippen molar-refractivity contribution in [1.82, 2.24) is 0 Å². The standard InChI is InChI=1S/2C19H18O3/c1-3-22-19(21)17-16(13-7-5-4-6-8-13)14-10-9-12(2)11-15(14)18(17)20;1-3-22-19(21)17(13-15-9-5-4-6-10-15)18(20)16-11-7-8-14(2)12-16/h4-11,16-17H,3H2,1-2H3;4-13H,3H2,1-2H3. The minimum atomic E-state index is -0.779. The lowest BCUT2D eigenvalue weighted by Gasteiger charge is -2.18. The van der Waals surface area contributed by atoms with Crippen molar-refractivity contribution in [2.75, 3.05) is 13.2 Å². The summed E-state index contributed by atoms with van der Waals surface area (Å²) >= 11 is 0. The van der Waals surface area contributed by atoms with Gasteiger partial charge in [-0.2, -0.15) is 0 Å². The van der Waals surface area contributed by atoms with Gasteiger partial charge >= 0.3 is 11.9 Å². The van der Waals surface area contributed by atoms with Crippen LogP contribution in [0.2, 0.25) is 0 Å². The smallest absolute Gasteiger partial charge is 0.342 e. The number of aryl methyl sites for hydroxylation is 2. The molecule has 0 N–H and O–H groups in total. The van der Waals surface area contributed by atoms with Crippen molar-refractivity contribution >= 4 is 29.6 Å². The van der Waals surface area contributed by atoms with Crippen LogP contribution < -0.4 is 0 Å². The molecule has 5 rings (SSSR count). The van der Waals surface area contributed by atoms with Crippen LogP contribution in [0.25, 0.3) is 6.08 Å². The number of Topliss-reactive ketones (excluding diaryl/α,β-unsaturated/α-hetero) is 2. The zero-order chi connectivity index (χ0) is 31.6. The first-order valence-corrected chi connectivity index (χ1v) is 14.7. The molecule has 0 bridgehead atoms. The van der Waals surface area contributed by atoms with E-state index in [0.717, 1.165) is 27.8 Å². The molecule has 4 aromatic rings. The number of carbonyl (C=O) groups excluding carboxylic acids is 4. The molecular weight excluding hydrogens is 552 g/mol. The van der Waals surface area contributed by atoms with Gasteiger partial charge in [-0.25, -0.2) is 4.79 Å². The molecule has 0 saturated carbocycles. The minimum absolute atomic E-state index is 0.0404. The van der Waals surface area contributed by atoms with Crippen molar-refractivity contribution in [2.24, 2.45) is 5.92 Å². The SMILES string of the molecule is CCOC(=O)C(=Cc1ccccc1)C(=O)c1cccc(C)c1.CCOC(=O)C1C(=O)c2cc(C)ccc2C1c1ccccc1. The predicted octanol–water partition coefficient (Wildman–Crippen LogP) is 7.33. The van der Waals surface area contributed by atoms with Crippen LogP contribution in [0.5, 0.6) is 0 Å². The van der Waals surface area contributed by atoms with E-state index in [1.54, 1.807) is 38.1 Å². The summed E-state index contributed by atoms with van der Waals surface area (Å²) in [5.41, 5.74) is 5.82. The van der Waals surface area contributed by atoms with Gasteiger partial charge in [0.1, 0.15) is 11.5 Å². The maximum atomic E-state index is 12.7. The average Bonchev–Trinajstić information content (AvgIpc) is 3.32. The van der Waals surface area contributed by atoms with Crippen LogP contribution in [0.4, 0.5) is 0 Å². The molecule has 0 spiro atoms. The number of ether oxygens (including phenoxy) is 2. The molecule has 0 amide bonds. The number of ketones is 2. The normalized spacial score (nSPS) is 15.5. The summed E-state index contributed by atoms with van der Waals surface area (Å²) in [5, 5.41) is 0. The van der Waals surface area contributed by atoms with Crippen molar-refractivity contribution in [2.45, 2.75) is 33.6 Å². The summed E-state index contributed by atoms with van der Waals surface area (Å²) in [4.78, 5) is 49.9. The van der Waals surface area contributed by atoms with E-state index in [2.05, 4.69) is 0 Å². The monoisotopic (exact) mass is 588 g/mol. The number of fused-ring (bicyclic) bond motifs is 1. The second-order valence-corrected chi connectivity index (χ2v) is 10.5. The summed E-state index contributed by atoms with van der Waals surface area (Å²) in [5.74, 6) is -2.53. The summed E-state index contributed by atoms with van der Waals surface area (Å²) in [6, 6.07) is 31.9. The second-order valence-electron chi connectivity index (χ2n) is 10.5. The lowest BCUT2D eigenvalue weighted by Crippen LogP contribution is -2.26. The van der Waals surface area contributed by atoms with Crippen LogP contribution in [0, 0.1) is 19.8 Å².